The quantitative estimate of drug-likeness (QED) is 0.518. The molecule has 23 heavy (non-hydrogen) atoms. The Labute approximate surface area is 138 Å². The van der Waals surface area contributed by atoms with Crippen LogP contribution in [0.2, 0.25) is 0 Å². The number of imidazole rings is 1. The SMILES string of the molecule is CP1(=O)OCC2O[C@@H](n3c(Br)nc4c(N)ncnc43)[C@@H](O)C2O1. The summed E-state index contributed by atoms with van der Waals surface area (Å²) in [7, 11) is -3.19. The number of anilines is 1. The van der Waals surface area contributed by atoms with Gasteiger partial charge in [0.1, 0.15) is 24.6 Å². The van der Waals surface area contributed by atoms with E-state index in [2.05, 4.69) is 30.9 Å². The van der Waals surface area contributed by atoms with Gasteiger partial charge in [-0.3, -0.25) is 13.7 Å². The zero-order valence-corrected chi connectivity index (χ0v) is 14.3. The van der Waals surface area contributed by atoms with Crippen LogP contribution >= 0.6 is 23.5 Å². The van der Waals surface area contributed by atoms with Crippen molar-refractivity contribution in [2.24, 2.45) is 0 Å². The summed E-state index contributed by atoms with van der Waals surface area (Å²) in [4.78, 5) is 12.3. The maximum Gasteiger partial charge on any atom is 0.328 e. The van der Waals surface area contributed by atoms with E-state index in [9.17, 15) is 9.67 Å². The van der Waals surface area contributed by atoms with E-state index in [1.165, 1.54) is 13.0 Å². The zero-order valence-electron chi connectivity index (χ0n) is 11.9. The van der Waals surface area contributed by atoms with E-state index in [-0.39, 0.29) is 12.4 Å². The molecule has 2 aromatic heterocycles. The molecule has 2 aliphatic rings. The monoisotopic (exact) mass is 405 g/mol. The number of ether oxygens (including phenoxy) is 1. The Morgan fingerprint density at radius 2 is 2.30 bits per heavy atom. The Morgan fingerprint density at radius 3 is 3.09 bits per heavy atom. The first-order chi connectivity index (χ1) is 10.9. The highest BCUT2D eigenvalue weighted by atomic mass is 79.9. The minimum Gasteiger partial charge on any atom is -0.386 e. The Balaban J connectivity index is 1.76. The molecule has 2 fully saturated rings. The van der Waals surface area contributed by atoms with Crippen LogP contribution in [0.4, 0.5) is 5.82 Å². The molecule has 2 aromatic rings. The number of hydrogen-bond donors (Lipinski definition) is 2. The molecule has 5 atom stereocenters. The van der Waals surface area contributed by atoms with Crippen molar-refractivity contribution in [1.29, 1.82) is 0 Å². The van der Waals surface area contributed by atoms with Crippen LogP contribution in [-0.2, 0) is 18.3 Å². The molecule has 3 unspecified atom stereocenters. The van der Waals surface area contributed by atoms with Crippen LogP contribution in [-0.4, -0.2) is 56.2 Å². The lowest BCUT2D eigenvalue weighted by Gasteiger charge is -2.29. The van der Waals surface area contributed by atoms with Crippen molar-refractivity contribution in [2.75, 3.05) is 19.0 Å². The van der Waals surface area contributed by atoms with Crippen molar-refractivity contribution >= 4 is 40.5 Å². The molecule has 0 amide bonds. The van der Waals surface area contributed by atoms with E-state index in [0.29, 0.717) is 15.9 Å². The van der Waals surface area contributed by atoms with Crippen molar-refractivity contribution in [3.63, 3.8) is 0 Å². The summed E-state index contributed by atoms with van der Waals surface area (Å²) in [6, 6.07) is 0. The van der Waals surface area contributed by atoms with Gasteiger partial charge >= 0.3 is 7.60 Å². The lowest BCUT2D eigenvalue weighted by atomic mass is 10.1. The summed E-state index contributed by atoms with van der Waals surface area (Å²) < 4.78 is 30.2. The maximum atomic E-state index is 12.0. The van der Waals surface area contributed by atoms with Crippen molar-refractivity contribution in [3.8, 4) is 0 Å². The molecule has 12 heteroatoms. The molecule has 0 aliphatic carbocycles. The molecule has 124 valence electrons. The molecule has 0 saturated carbocycles. The second-order valence-corrected chi connectivity index (χ2v) is 8.10. The minimum atomic E-state index is -3.19. The average molecular weight is 406 g/mol. The van der Waals surface area contributed by atoms with Crippen LogP contribution in [0.15, 0.2) is 11.1 Å². The van der Waals surface area contributed by atoms with Crippen LogP contribution in [0.3, 0.4) is 0 Å². The van der Waals surface area contributed by atoms with Gasteiger partial charge in [-0.05, 0) is 15.9 Å². The predicted octanol–water partition coefficient (Wildman–Crippen LogP) is 0.668. The molecule has 3 N–H and O–H groups in total. The fourth-order valence-electron chi connectivity index (χ4n) is 2.78. The fraction of sp³-hybridized carbons (Fsp3) is 0.545. The summed E-state index contributed by atoms with van der Waals surface area (Å²) in [6.07, 6.45) is -1.90. The number of hydrogen-bond acceptors (Lipinski definition) is 9. The lowest BCUT2D eigenvalue weighted by molar-refractivity contribution is -0.0585. The molecule has 0 spiro atoms. The molecule has 0 bridgehead atoms. The van der Waals surface area contributed by atoms with Gasteiger partial charge in [-0.25, -0.2) is 15.0 Å². The number of rotatable bonds is 1. The van der Waals surface area contributed by atoms with Crippen molar-refractivity contribution < 1.29 is 23.5 Å². The van der Waals surface area contributed by atoms with E-state index in [1.807, 2.05) is 0 Å². The third kappa shape index (κ3) is 2.39. The normalized spacial score (nSPS) is 37.2. The second-order valence-electron chi connectivity index (χ2n) is 5.37. The minimum absolute atomic E-state index is 0.0768. The van der Waals surface area contributed by atoms with E-state index in [4.69, 9.17) is 19.5 Å². The van der Waals surface area contributed by atoms with Crippen LogP contribution in [0.1, 0.15) is 6.23 Å². The fourth-order valence-corrected chi connectivity index (χ4v) is 4.51. The molecular weight excluding hydrogens is 393 g/mol. The second kappa shape index (κ2) is 5.20. The number of fused-ring (bicyclic) bond motifs is 2. The van der Waals surface area contributed by atoms with Gasteiger partial charge in [0, 0.05) is 6.66 Å². The molecule has 0 radical (unpaired) electrons. The van der Waals surface area contributed by atoms with E-state index < -0.39 is 32.1 Å². The number of halogens is 1. The van der Waals surface area contributed by atoms with Crippen molar-refractivity contribution in [2.45, 2.75) is 24.5 Å². The highest BCUT2D eigenvalue weighted by molar-refractivity contribution is 9.10. The number of nitrogen functional groups attached to an aromatic ring is 1. The zero-order chi connectivity index (χ0) is 16.4. The van der Waals surface area contributed by atoms with Gasteiger partial charge in [0.05, 0.1) is 6.61 Å². The first kappa shape index (κ1) is 15.4. The van der Waals surface area contributed by atoms with Crippen LogP contribution in [0.5, 0.6) is 0 Å². The summed E-state index contributed by atoms with van der Waals surface area (Å²) in [5.74, 6) is 0.219. The molecule has 2 saturated heterocycles. The Morgan fingerprint density at radius 1 is 1.52 bits per heavy atom. The van der Waals surface area contributed by atoms with Gasteiger partial charge in [-0.15, -0.1) is 0 Å². The third-order valence-corrected chi connectivity index (χ3v) is 5.62. The third-order valence-electron chi connectivity index (χ3n) is 3.81. The van der Waals surface area contributed by atoms with E-state index in [1.54, 1.807) is 4.57 Å². The van der Waals surface area contributed by atoms with Gasteiger partial charge in [0.25, 0.3) is 0 Å². The first-order valence-electron chi connectivity index (χ1n) is 6.75. The first-order valence-corrected chi connectivity index (χ1v) is 9.53. The van der Waals surface area contributed by atoms with Crippen molar-refractivity contribution in [3.05, 3.63) is 11.1 Å². The Hall–Kier alpha value is -1.10. The van der Waals surface area contributed by atoms with Gasteiger partial charge < -0.3 is 20.1 Å². The van der Waals surface area contributed by atoms with Crippen molar-refractivity contribution in [1.82, 2.24) is 19.5 Å². The summed E-state index contributed by atoms with van der Waals surface area (Å²) in [5.41, 5.74) is 6.59. The lowest BCUT2D eigenvalue weighted by Crippen LogP contribution is -2.39. The molecule has 10 nitrogen and oxygen atoms in total. The molecule has 4 rings (SSSR count). The highest BCUT2D eigenvalue weighted by Gasteiger charge is 2.52. The van der Waals surface area contributed by atoms with Gasteiger partial charge in [0.15, 0.2) is 27.9 Å². The topological polar surface area (TPSA) is 135 Å². The molecule has 2 aliphatic heterocycles. The highest BCUT2D eigenvalue weighted by Crippen LogP contribution is 2.53. The van der Waals surface area contributed by atoms with E-state index in [0.717, 1.165) is 0 Å². The molecular formula is C11H13BrN5O5P. The predicted molar refractivity (Wildman–Crippen MR) is 81.7 cm³/mol. The molecule has 0 aromatic carbocycles. The van der Waals surface area contributed by atoms with Gasteiger partial charge in [-0.1, -0.05) is 0 Å². The maximum absolute atomic E-state index is 12.0. The number of aromatic nitrogens is 4. The number of nitrogens with two attached hydrogens (primary N) is 1. The van der Waals surface area contributed by atoms with Crippen LogP contribution < -0.4 is 5.73 Å². The number of aliphatic hydroxyl groups is 1. The van der Waals surface area contributed by atoms with Crippen LogP contribution in [0.25, 0.3) is 11.2 Å². The standard InChI is InChI=1S/C11H13BrN5O5P/c1-23(19)20-2-4-7(22-23)6(18)10(21-4)17-9-5(16-11(17)12)8(13)14-3-15-9/h3-4,6-7,10,18H,2H2,1H3,(H2,13,14,15)/t4?,6-,7?,10+,23?/m0/s1. The smallest absolute Gasteiger partial charge is 0.328 e. The Bertz CT molecular complexity index is 830. The number of nitrogens with zero attached hydrogens (tertiary/aromatic N) is 4. The van der Waals surface area contributed by atoms with Crippen LogP contribution in [0, 0.1) is 0 Å². The summed E-state index contributed by atoms with van der Waals surface area (Å²) in [5, 5.41) is 10.6. The molecule has 4 heterocycles. The summed E-state index contributed by atoms with van der Waals surface area (Å²) in [6.45, 7) is 1.44. The van der Waals surface area contributed by atoms with Gasteiger partial charge in [0.2, 0.25) is 0 Å². The number of aliphatic hydroxyl groups excluding tert-OH is 1. The largest absolute Gasteiger partial charge is 0.386 e. The Kier molecular flexibility index (Phi) is 3.49. The van der Waals surface area contributed by atoms with Gasteiger partial charge in [-0.2, -0.15) is 0 Å². The summed E-state index contributed by atoms with van der Waals surface area (Å²) >= 11 is 3.31. The average Bonchev–Trinajstić information content (AvgIpc) is 2.97. The van der Waals surface area contributed by atoms with E-state index >= 15 is 0 Å².